The van der Waals surface area contributed by atoms with Gasteiger partial charge in [0.05, 0.1) is 4.99 Å². The Morgan fingerprint density at radius 3 is 2.30 bits per heavy atom. The molecule has 0 heterocycles. The highest BCUT2D eigenvalue weighted by molar-refractivity contribution is 7.80. The van der Waals surface area contributed by atoms with Crippen LogP contribution in [0.15, 0.2) is 0 Å². The molecule has 0 fully saturated rings. The number of thiocarbonyl (C=S) groups is 1. The van der Waals surface area contributed by atoms with Crippen LogP contribution < -0.4 is 11.1 Å². The molecule has 0 atom stereocenters. The van der Waals surface area contributed by atoms with Crippen LogP contribution >= 0.6 is 12.2 Å². The van der Waals surface area contributed by atoms with Gasteiger partial charge in [-0.15, -0.1) is 0 Å². The number of nitrogens with two attached hydrogens (primary N) is 1. The quantitative estimate of drug-likeness (QED) is 0.606. The highest BCUT2D eigenvalue weighted by atomic mass is 32.1. The standard InChI is InChI=1S/C7H16N2S/c1-7(2,3)9-5-4-6(8)10/h9H,4-5H2,1-3H3,(H2,8,10). The molecule has 0 aromatic carbocycles. The van der Waals surface area contributed by atoms with Gasteiger partial charge in [-0.05, 0) is 20.8 Å². The molecule has 0 aliphatic heterocycles. The normalized spacial score (nSPS) is 11.5. The van der Waals surface area contributed by atoms with Crippen molar-refractivity contribution in [3.8, 4) is 0 Å². The summed E-state index contributed by atoms with van der Waals surface area (Å²) in [5.74, 6) is 0. The minimum absolute atomic E-state index is 0.171. The topological polar surface area (TPSA) is 38.0 Å². The molecule has 0 aliphatic carbocycles. The first kappa shape index (κ1) is 9.85. The van der Waals surface area contributed by atoms with Crippen molar-refractivity contribution in [1.82, 2.24) is 5.32 Å². The lowest BCUT2D eigenvalue weighted by Gasteiger charge is -2.19. The van der Waals surface area contributed by atoms with E-state index in [1.807, 2.05) is 0 Å². The van der Waals surface area contributed by atoms with Gasteiger partial charge in [0.15, 0.2) is 0 Å². The maximum absolute atomic E-state index is 5.31. The van der Waals surface area contributed by atoms with Crippen LogP contribution in [0.1, 0.15) is 27.2 Å². The Hall–Kier alpha value is -0.150. The Morgan fingerprint density at radius 1 is 1.50 bits per heavy atom. The SMILES string of the molecule is CC(C)(C)NCCC(N)=S. The van der Waals surface area contributed by atoms with E-state index in [4.69, 9.17) is 18.0 Å². The second-order valence-corrected chi connectivity index (χ2v) is 3.92. The van der Waals surface area contributed by atoms with Crippen molar-refractivity contribution in [1.29, 1.82) is 0 Å². The Kier molecular flexibility index (Phi) is 3.83. The maximum Gasteiger partial charge on any atom is 0.0740 e. The monoisotopic (exact) mass is 160 g/mol. The minimum Gasteiger partial charge on any atom is -0.393 e. The minimum atomic E-state index is 0.171. The first-order valence-corrected chi connectivity index (χ1v) is 3.86. The molecule has 0 bridgehead atoms. The van der Waals surface area contributed by atoms with Gasteiger partial charge in [-0.2, -0.15) is 0 Å². The van der Waals surface area contributed by atoms with Crippen LogP contribution in [0.2, 0.25) is 0 Å². The maximum atomic E-state index is 5.31. The van der Waals surface area contributed by atoms with E-state index in [1.165, 1.54) is 0 Å². The molecule has 60 valence electrons. The summed E-state index contributed by atoms with van der Waals surface area (Å²) in [6.45, 7) is 7.23. The van der Waals surface area contributed by atoms with Crippen molar-refractivity contribution >= 4 is 17.2 Å². The summed E-state index contributed by atoms with van der Waals surface area (Å²) in [6.07, 6.45) is 0.784. The van der Waals surface area contributed by atoms with Crippen LogP contribution in [0, 0.1) is 0 Å². The van der Waals surface area contributed by atoms with Crippen molar-refractivity contribution in [3.05, 3.63) is 0 Å². The Bertz CT molecular complexity index is 115. The van der Waals surface area contributed by atoms with E-state index >= 15 is 0 Å². The largest absolute Gasteiger partial charge is 0.393 e. The molecular weight excluding hydrogens is 144 g/mol. The highest BCUT2D eigenvalue weighted by Crippen LogP contribution is 1.97. The summed E-state index contributed by atoms with van der Waals surface area (Å²) in [5.41, 5.74) is 5.48. The number of hydrogen-bond acceptors (Lipinski definition) is 2. The van der Waals surface area contributed by atoms with E-state index in [0.29, 0.717) is 4.99 Å². The molecule has 0 aromatic rings. The highest BCUT2D eigenvalue weighted by Gasteiger charge is 2.06. The van der Waals surface area contributed by atoms with Gasteiger partial charge in [0, 0.05) is 18.5 Å². The van der Waals surface area contributed by atoms with E-state index in [2.05, 4.69) is 26.1 Å². The number of hydrogen-bond donors (Lipinski definition) is 2. The van der Waals surface area contributed by atoms with Crippen LogP contribution in [0.3, 0.4) is 0 Å². The molecule has 0 unspecified atom stereocenters. The van der Waals surface area contributed by atoms with Crippen LogP contribution in [0.4, 0.5) is 0 Å². The third kappa shape index (κ3) is 7.85. The van der Waals surface area contributed by atoms with E-state index in [-0.39, 0.29) is 5.54 Å². The molecule has 0 amide bonds. The third-order valence-electron chi connectivity index (χ3n) is 1.03. The van der Waals surface area contributed by atoms with Crippen molar-refractivity contribution in [3.63, 3.8) is 0 Å². The third-order valence-corrected chi connectivity index (χ3v) is 1.23. The average Bonchev–Trinajstić information content (AvgIpc) is 1.59. The second kappa shape index (κ2) is 3.88. The molecule has 2 nitrogen and oxygen atoms in total. The van der Waals surface area contributed by atoms with Gasteiger partial charge in [0.2, 0.25) is 0 Å². The molecule has 0 radical (unpaired) electrons. The fraction of sp³-hybridized carbons (Fsp3) is 0.857. The lowest BCUT2D eigenvalue weighted by atomic mass is 10.1. The summed E-state index contributed by atoms with van der Waals surface area (Å²) in [5, 5.41) is 3.29. The molecule has 3 N–H and O–H groups in total. The lowest BCUT2D eigenvalue weighted by molar-refractivity contribution is 0.434. The zero-order chi connectivity index (χ0) is 8.20. The molecule has 10 heavy (non-hydrogen) atoms. The van der Waals surface area contributed by atoms with Crippen LogP contribution in [-0.2, 0) is 0 Å². The Labute approximate surface area is 68.2 Å². The van der Waals surface area contributed by atoms with Gasteiger partial charge in [0.25, 0.3) is 0 Å². The van der Waals surface area contributed by atoms with Gasteiger partial charge < -0.3 is 11.1 Å². The molecule has 0 aromatic heterocycles. The van der Waals surface area contributed by atoms with Crippen molar-refractivity contribution in [2.24, 2.45) is 5.73 Å². The lowest BCUT2D eigenvalue weighted by Crippen LogP contribution is -2.37. The molecule has 3 heteroatoms. The van der Waals surface area contributed by atoms with E-state index in [0.717, 1.165) is 13.0 Å². The predicted molar refractivity (Wildman–Crippen MR) is 49.2 cm³/mol. The average molecular weight is 160 g/mol. The van der Waals surface area contributed by atoms with Gasteiger partial charge >= 0.3 is 0 Å². The zero-order valence-electron chi connectivity index (χ0n) is 6.90. The van der Waals surface area contributed by atoms with Crippen molar-refractivity contribution < 1.29 is 0 Å². The van der Waals surface area contributed by atoms with E-state index < -0.39 is 0 Å². The Balaban J connectivity index is 3.29. The van der Waals surface area contributed by atoms with E-state index in [9.17, 15) is 0 Å². The van der Waals surface area contributed by atoms with Gasteiger partial charge in [-0.3, -0.25) is 0 Å². The molecule has 0 saturated heterocycles. The Morgan fingerprint density at radius 2 is 2.00 bits per heavy atom. The van der Waals surface area contributed by atoms with Gasteiger partial charge in [0.1, 0.15) is 0 Å². The first-order chi connectivity index (χ1) is 4.42. The number of nitrogens with one attached hydrogen (secondary N) is 1. The summed E-state index contributed by atoms with van der Waals surface area (Å²) >= 11 is 4.72. The fourth-order valence-electron chi connectivity index (χ4n) is 0.561. The first-order valence-electron chi connectivity index (χ1n) is 3.45. The van der Waals surface area contributed by atoms with Crippen molar-refractivity contribution in [2.45, 2.75) is 32.7 Å². The molecule has 0 rings (SSSR count). The summed E-state index contributed by atoms with van der Waals surface area (Å²) in [6, 6.07) is 0. The molecule has 0 aliphatic rings. The molecule has 0 saturated carbocycles. The molecular formula is C7H16N2S. The summed E-state index contributed by atoms with van der Waals surface area (Å²) in [7, 11) is 0. The zero-order valence-corrected chi connectivity index (χ0v) is 7.72. The predicted octanol–water partition coefficient (Wildman–Crippen LogP) is 1.05. The van der Waals surface area contributed by atoms with Gasteiger partial charge in [-0.1, -0.05) is 12.2 Å². The van der Waals surface area contributed by atoms with Crippen LogP contribution in [0.5, 0.6) is 0 Å². The van der Waals surface area contributed by atoms with Gasteiger partial charge in [-0.25, -0.2) is 0 Å². The second-order valence-electron chi connectivity index (χ2n) is 3.39. The summed E-state index contributed by atoms with van der Waals surface area (Å²) < 4.78 is 0. The van der Waals surface area contributed by atoms with E-state index in [1.54, 1.807) is 0 Å². The smallest absolute Gasteiger partial charge is 0.0740 e. The summed E-state index contributed by atoms with van der Waals surface area (Å²) in [4.78, 5) is 0.580. The number of rotatable bonds is 3. The van der Waals surface area contributed by atoms with Crippen LogP contribution in [0.25, 0.3) is 0 Å². The van der Waals surface area contributed by atoms with Crippen molar-refractivity contribution in [2.75, 3.05) is 6.54 Å². The molecule has 0 spiro atoms. The van der Waals surface area contributed by atoms with Crippen LogP contribution in [-0.4, -0.2) is 17.1 Å². The fourth-order valence-corrected chi connectivity index (χ4v) is 0.663.